The largest absolute Gasteiger partial charge is 0.481 e. The second-order valence-electron chi connectivity index (χ2n) is 3.05. The van der Waals surface area contributed by atoms with Crippen molar-refractivity contribution in [3.05, 3.63) is 12.2 Å². The van der Waals surface area contributed by atoms with E-state index in [1.165, 1.54) is 19.3 Å². The molecule has 0 aromatic rings. The Morgan fingerprint density at radius 2 is 2.17 bits per heavy atom. The number of carboxylic acid groups (broad SMARTS) is 1. The Hall–Kier alpha value is -0.790. The quantitative estimate of drug-likeness (QED) is 0.491. The molecule has 70 valence electrons. The number of aliphatic carboxylic acids is 1. The molecule has 0 radical (unpaired) electrons. The zero-order chi connectivity index (χ0) is 9.40. The molecule has 0 aliphatic heterocycles. The van der Waals surface area contributed by atoms with E-state index in [0.29, 0.717) is 0 Å². The van der Waals surface area contributed by atoms with Crippen molar-refractivity contribution >= 4 is 5.97 Å². The van der Waals surface area contributed by atoms with Crippen LogP contribution in [0.15, 0.2) is 12.2 Å². The Morgan fingerprint density at radius 3 is 2.67 bits per heavy atom. The zero-order valence-electron chi connectivity index (χ0n) is 7.92. The SMILES string of the molecule is CCCCC/C=C\C(C)C(=O)O. The summed E-state index contributed by atoms with van der Waals surface area (Å²) in [7, 11) is 0. The monoisotopic (exact) mass is 170 g/mol. The summed E-state index contributed by atoms with van der Waals surface area (Å²) in [6.45, 7) is 3.85. The van der Waals surface area contributed by atoms with E-state index in [1.54, 1.807) is 13.0 Å². The van der Waals surface area contributed by atoms with Crippen molar-refractivity contribution in [1.29, 1.82) is 0 Å². The molecule has 12 heavy (non-hydrogen) atoms. The summed E-state index contributed by atoms with van der Waals surface area (Å²) < 4.78 is 0. The van der Waals surface area contributed by atoms with Crippen LogP contribution in [0.2, 0.25) is 0 Å². The van der Waals surface area contributed by atoms with Gasteiger partial charge >= 0.3 is 5.97 Å². The third kappa shape index (κ3) is 5.96. The number of carboxylic acids is 1. The fourth-order valence-electron chi connectivity index (χ4n) is 0.895. The fourth-order valence-corrected chi connectivity index (χ4v) is 0.895. The van der Waals surface area contributed by atoms with E-state index in [0.717, 1.165) is 6.42 Å². The molecule has 0 bridgehead atoms. The first kappa shape index (κ1) is 11.2. The molecule has 0 fully saturated rings. The summed E-state index contributed by atoms with van der Waals surface area (Å²) in [5.74, 6) is -1.09. The van der Waals surface area contributed by atoms with Gasteiger partial charge in [-0.15, -0.1) is 0 Å². The summed E-state index contributed by atoms with van der Waals surface area (Å²) in [6.07, 6.45) is 8.34. The van der Waals surface area contributed by atoms with E-state index in [2.05, 4.69) is 6.92 Å². The van der Waals surface area contributed by atoms with Gasteiger partial charge in [0, 0.05) is 0 Å². The van der Waals surface area contributed by atoms with Gasteiger partial charge < -0.3 is 5.11 Å². The van der Waals surface area contributed by atoms with Gasteiger partial charge in [-0.05, 0) is 19.8 Å². The number of allylic oxidation sites excluding steroid dienone is 1. The molecular formula is C10H18O2. The lowest BCUT2D eigenvalue weighted by atomic mass is 10.1. The predicted octanol–water partition coefficient (Wildman–Crippen LogP) is 2.84. The number of hydrogen-bond acceptors (Lipinski definition) is 1. The van der Waals surface area contributed by atoms with Gasteiger partial charge in [0.25, 0.3) is 0 Å². The van der Waals surface area contributed by atoms with Gasteiger partial charge in [0.1, 0.15) is 0 Å². The molecule has 0 saturated heterocycles. The van der Waals surface area contributed by atoms with Crippen molar-refractivity contribution in [3.63, 3.8) is 0 Å². The van der Waals surface area contributed by atoms with Gasteiger partial charge in [0.15, 0.2) is 0 Å². The maximum absolute atomic E-state index is 10.4. The number of hydrogen-bond donors (Lipinski definition) is 1. The Morgan fingerprint density at radius 1 is 1.50 bits per heavy atom. The van der Waals surface area contributed by atoms with Crippen molar-refractivity contribution in [3.8, 4) is 0 Å². The van der Waals surface area contributed by atoms with Crippen LogP contribution in [0.5, 0.6) is 0 Å². The van der Waals surface area contributed by atoms with E-state index >= 15 is 0 Å². The molecule has 0 aromatic carbocycles. The molecule has 0 spiro atoms. The van der Waals surface area contributed by atoms with Crippen LogP contribution in [-0.4, -0.2) is 11.1 Å². The standard InChI is InChI=1S/C10H18O2/c1-3-4-5-6-7-8-9(2)10(11)12/h7-9H,3-6H2,1-2H3,(H,11,12)/b8-7-. The van der Waals surface area contributed by atoms with Gasteiger partial charge in [-0.1, -0.05) is 31.9 Å². The molecule has 0 aliphatic rings. The first-order valence-electron chi connectivity index (χ1n) is 4.58. The first-order valence-corrected chi connectivity index (χ1v) is 4.58. The fraction of sp³-hybridized carbons (Fsp3) is 0.700. The van der Waals surface area contributed by atoms with Crippen molar-refractivity contribution in [2.24, 2.45) is 5.92 Å². The van der Waals surface area contributed by atoms with Crippen molar-refractivity contribution in [1.82, 2.24) is 0 Å². The lowest BCUT2D eigenvalue weighted by Crippen LogP contribution is -2.05. The number of unbranched alkanes of at least 4 members (excludes halogenated alkanes) is 3. The van der Waals surface area contributed by atoms with Crippen molar-refractivity contribution in [2.75, 3.05) is 0 Å². The molecule has 2 heteroatoms. The second kappa shape index (κ2) is 6.89. The maximum atomic E-state index is 10.4. The van der Waals surface area contributed by atoms with Crippen LogP contribution in [0, 0.1) is 5.92 Å². The van der Waals surface area contributed by atoms with Crippen LogP contribution < -0.4 is 0 Å². The van der Waals surface area contributed by atoms with Gasteiger partial charge in [-0.2, -0.15) is 0 Å². The van der Waals surface area contributed by atoms with Gasteiger partial charge in [-0.3, -0.25) is 4.79 Å². The minimum absolute atomic E-state index is 0.341. The number of carbonyl (C=O) groups is 1. The zero-order valence-corrected chi connectivity index (χ0v) is 7.92. The predicted molar refractivity (Wildman–Crippen MR) is 50.1 cm³/mol. The molecule has 0 aromatic heterocycles. The molecule has 1 N–H and O–H groups in total. The third-order valence-corrected chi connectivity index (χ3v) is 1.79. The highest BCUT2D eigenvalue weighted by molar-refractivity contribution is 5.71. The summed E-state index contributed by atoms with van der Waals surface area (Å²) >= 11 is 0. The van der Waals surface area contributed by atoms with E-state index in [-0.39, 0.29) is 5.92 Å². The lowest BCUT2D eigenvalue weighted by molar-refractivity contribution is -0.139. The molecule has 1 unspecified atom stereocenters. The van der Waals surface area contributed by atoms with Crippen LogP contribution >= 0.6 is 0 Å². The highest BCUT2D eigenvalue weighted by Crippen LogP contribution is 2.02. The van der Waals surface area contributed by atoms with Crippen LogP contribution in [-0.2, 0) is 4.79 Å². The average molecular weight is 170 g/mol. The highest BCUT2D eigenvalue weighted by atomic mass is 16.4. The molecular weight excluding hydrogens is 152 g/mol. The first-order chi connectivity index (χ1) is 5.68. The van der Waals surface area contributed by atoms with Gasteiger partial charge in [0.05, 0.1) is 5.92 Å². The molecule has 0 amide bonds. The molecule has 0 rings (SSSR count). The van der Waals surface area contributed by atoms with Crippen molar-refractivity contribution < 1.29 is 9.90 Å². The van der Waals surface area contributed by atoms with Crippen LogP contribution in [0.25, 0.3) is 0 Å². The Bertz CT molecular complexity index is 150. The topological polar surface area (TPSA) is 37.3 Å². The van der Waals surface area contributed by atoms with Gasteiger partial charge in [0.2, 0.25) is 0 Å². The van der Waals surface area contributed by atoms with Crippen LogP contribution in [0.3, 0.4) is 0 Å². The van der Waals surface area contributed by atoms with E-state index in [1.807, 2.05) is 6.08 Å². The normalized spacial score (nSPS) is 13.5. The number of rotatable bonds is 6. The molecule has 0 aliphatic carbocycles. The van der Waals surface area contributed by atoms with E-state index in [9.17, 15) is 4.79 Å². The summed E-state index contributed by atoms with van der Waals surface area (Å²) in [5.41, 5.74) is 0. The van der Waals surface area contributed by atoms with Crippen LogP contribution in [0.1, 0.15) is 39.5 Å². The summed E-state index contributed by atoms with van der Waals surface area (Å²) in [6, 6.07) is 0. The Kier molecular flexibility index (Phi) is 6.44. The lowest BCUT2D eigenvalue weighted by Gasteiger charge is -1.97. The smallest absolute Gasteiger partial charge is 0.310 e. The van der Waals surface area contributed by atoms with Crippen molar-refractivity contribution in [2.45, 2.75) is 39.5 Å². The molecule has 0 saturated carbocycles. The van der Waals surface area contributed by atoms with E-state index < -0.39 is 5.97 Å². The van der Waals surface area contributed by atoms with Gasteiger partial charge in [-0.25, -0.2) is 0 Å². The Balaban J connectivity index is 3.41. The van der Waals surface area contributed by atoms with E-state index in [4.69, 9.17) is 5.11 Å². The minimum atomic E-state index is -0.748. The molecule has 2 nitrogen and oxygen atoms in total. The maximum Gasteiger partial charge on any atom is 0.310 e. The van der Waals surface area contributed by atoms with Crippen LogP contribution in [0.4, 0.5) is 0 Å². The average Bonchev–Trinajstić information content (AvgIpc) is 2.03. The highest BCUT2D eigenvalue weighted by Gasteiger charge is 2.04. The molecule has 1 atom stereocenters. The summed E-state index contributed by atoms with van der Waals surface area (Å²) in [5, 5.41) is 8.53. The molecule has 0 heterocycles. The second-order valence-corrected chi connectivity index (χ2v) is 3.05. The summed E-state index contributed by atoms with van der Waals surface area (Å²) in [4.78, 5) is 10.4. The minimum Gasteiger partial charge on any atom is -0.481 e. The Labute approximate surface area is 74.3 Å². The third-order valence-electron chi connectivity index (χ3n) is 1.79.